The number of ether oxygens (including phenoxy) is 3. The molecule has 0 unspecified atom stereocenters. The Bertz CT molecular complexity index is 885. The summed E-state index contributed by atoms with van der Waals surface area (Å²) in [6.07, 6.45) is 0. The molecule has 6 nitrogen and oxygen atoms in total. The molecule has 0 radical (unpaired) electrons. The smallest absolute Gasteiger partial charge is 0.256 e. The number of halogens is 2. The van der Waals surface area contributed by atoms with Crippen LogP contribution in [0.15, 0.2) is 34.8 Å². The first-order valence-electron chi connectivity index (χ1n) is 9.23. The van der Waals surface area contributed by atoms with Crippen LogP contribution in [-0.2, 0) is 6.54 Å². The van der Waals surface area contributed by atoms with Crippen molar-refractivity contribution in [2.75, 3.05) is 47.5 Å². The molecule has 1 aliphatic rings. The first-order chi connectivity index (χ1) is 14.0. The van der Waals surface area contributed by atoms with E-state index in [1.165, 1.54) is 12.1 Å². The van der Waals surface area contributed by atoms with Crippen molar-refractivity contribution in [2.24, 2.45) is 0 Å². The zero-order chi connectivity index (χ0) is 21.0. The highest BCUT2D eigenvalue weighted by molar-refractivity contribution is 9.10. The van der Waals surface area contributed by atoms with Crippen LogP contribution in [0, 0.1) is 5.82 Å². The molecule has 2 aromatic rings. The minimum absolute atomic E-state index is 0.0920. The molecule has 1 amide bonds. The van der Waals surface area contributed by atoms with Crippen LogP contribution in [0.4, 0.5) is 4.39 Å². The van der Waals surface area contributed by atoms with Crippen molar-refractivity contribution in [3.05, 3.63) is 51.7 Å². The molecule has 1 fully saturated rings. The molecule has 8 heteroatoms. The van der Waals surface area contributed by atoms with E-state index in [0.29, 0.717) is 54.4 Å². The SMILES string of the molecule is COc1ccc(CN2CCN(C(=O)c3cc(Br)ccc3F)CC2)c(OC)c1OC. The van der Waals surface area contributed by atoms with Crippen LogP contribution in [0.1, 0.15) is 15.9 Å². The van der Waals surface area contributed by atoms with E-state index in [2.05, 4.69) is 20.8 Å². The molecule has 1 saturated heterocycles. The molecule has 0 bridgehead atoms. The molecule has 0 atom stereocenters. The van der Waals surface area contributed by atoms with Crippen molar-refractivity contribution in [1.29, 1.82) is 0 Å². The van der Waals surface area contributed by atoms with Gasteiger partial charge in [0, 0.05) is 42.8 Å². The van der Waals surface area contributed by atoms with Crippen LogP contribution in [0.5, 0.6) is 17.2 Å². The van der Waals surface area contributed by atoms with E-state index in [-0.39, 0.29) is 11.5 Å². The number of methoxy groups -OCH3 is 3. The molecule has 0 N–H and O–H groups in total. The summed E-state index contributed by atoms with van der Waals surface area (Å²) < 4.78 is 31.0. The van der Waals surface area contributed by atoms with Gasteiger partial charge in [-0.15, -0.1) is 0 Å². The topological polar surface area (TPSA) is 51.2 Å². The lowest BCUT2D eigenvalue weighted by molar-refractivity contribution is 0.0622. The Morgan fingerprint density at radius 1 is 1.00 bits per heavy atom. The lowest BCUT2D eigenvalue weighted by Gasteiger charge is -2.35. The number of carbonyl (C=O) groups excluding carboxylic acids is 1. The Morgan fingerprint density at radius 3 is 2.31 bits per heavy atom. The van der Waals surface area contributed by atoms with Gasteiger partial charge >= 0.3 is 0 Å². The molecule has 3 rings (SSSR count). The zero-order valence-corrected chi connectivity index (χ0v) is 18.3. The molecule has 156 valence electrons. The Kier molecular flexibility index (Phi) is 6.97. The third-order valence-corrected chi connectivity index (χ3v) is 5.49. The number of carbonyl (C=O) groups is 1. The summed E-state index contributed by atoms with van der Waals surface area (Å²) in [6, 6.07) is 8.22. The van der Waals surface area contributed by atoms with E-state index in [4.69, 9.17) is 14.2 Å². The third-order valence-electron chi connectivity index (χ3n) is 5.00. The maximum Gasteiger partial charge on any atom is 0.256 e. The lowest BCUT2D eigenvalue weighted by atomic mass is 10.1. The molecule has 0 saturated carbocycles. The molecule has 1 aliphatic heterocycles. The van der Waals surface area contributed by atoms with Crippen LogP contribution in [-0.4, -0.2) is 63.2 Å². The van der Waals surface area contributed by atoms with E-state index < -0.39 is 5.82 Å². The fourth-order valence-corrected chi connectivity index (χ4v) is 3.83. The monoisotopic (exact) mass is 466 g/mol. The van der Waals surface area contributed by atoms with Gasteiger partial charge < -0.3 is 19.1 Å². The van der Waals surface area contributed by atoms with E-state index in [1.54, 1.807) is 32.3 Å². The summed E-state index contributed by atoms with van der Waals surface area (Å²) >= 11 is 3.29. The minimum Gasteiger partial charge on any atom is -0.493 e. The van der Waals surface area contributed by atoms with Gasteiger partial charge in [-0.2, -0.15) is 0 Å². The number of benzene rings is 2. The molecule has 0 aromatic heterocycles. The fourth-order valence-electron chi connectivity index (χ4n) is 3.47. The molecule has 1 heterocycles. The summed E-state index contributed by atoms with van der Waals surface area (Å²) in [7, 11) is 4.76. The molecule has 0 aliphatic carbocycles. The number of hydrogen-bond donors (Lipinski definition) is 0. The highest BCUT2D eigenvalue weighted by Crippen LogP contribution is 2.40. The quantitative estimate of drug-likeness (QED) is 0.651. The Labute approximate surface area is 178 Å². The van der Waals surface area contributed by atoms with Gasteiger partial charge in [-0.05, 0) is 24.3 Å². The normalized spacial score (nSPS) is 14.6. The summed E-state index contributed by atoms with van der Waals surface area (Å²) in [4.78, 5) is 16.6. The van der Waals surface area contributed by atoms with E-state index >= 15 is 0 Å². The first kappa shape index (κ1) is 21.4. The maximum absolute atomic E-state index is 14.0. The van der Waals surface area contributed by atoms with Gasteiger partial charge in [0.15, 0.2) is 11.5 Å². The van der Waals surface area contributed by atoms with E-state index in [9.17, 15) is 9.18 Å². The molecular weight excluding hydrogens is 443 g/mol. The van der Waals surface area contributed by atoms with Crippen molar-refractivity contribution in [3.63, 3.8) is 0 Å². The average Bonchev–Trinajstić information content (AvgIpc) is 2.75. The third kappa shape index (κ3) is 4.64. The molecular formula is C21H24BrFN2O4. The highest BCUT2D eigenvalue weighted by atomic mass is 79.9. The molecule has 29 heavy (non-hydrogen) atoms. The molecule has 2 aromatic carbocycles. The minimum atomic E-state index is -0.504. The standard InChI is InChI=1S/C21H24BrFN2O4/c1-27-18-7-4-14(19(28-2)20(18)29-3)13-24-8-10-25(11-9-24)21(26)16-12-15(22)5-6-17(16)23/h4-7,12H,8-11,13H2,1-3H3. The number of rotatable bonds is 6. The van der Waals surface area contributed by atoms with Crippen molar-refractivity contribution in [2.45, 2.75) is 6.54 Å². The number of hydrogen-bond acceptors (Lipinski definition) is 5. The Balaban J connectivity index is 1.67. The van der Waals surface area contributed by atoms with Gasteiger partial charge in [0.2, 0.25) is 5.75 Å². The predicted molar refractivity (Wildman–Crippen MR) is 111 cm³/mol. The predicted octanol–water partition coefficient (Wildman–Crippen LogP) is 3.57. The summed E-state index contributed by atoms with van der Waals surface area (Å²) in [6.45, 7) is 3.06. The van der Waals surface area contributed by atoms with Crippen molar-refractivity contribution in [1.82, 2.24) is 9.80 Å². The van der Waals surface area contributed by atoms with Crippen molar-refractivity contribution in [3.8, 4) is 17.2 Å². The Hall–Kier alpha value is -2.32. The zero-order valence-electron chi connectivity index (χ0n) is 16.7. The van der Waals surface area contributed by atoms with Crippen LogP contribution in [0.25, 0.3) is 0 Å². The van der Waals surface area contributed by atoms with Crippen LogP contribution in [0.2, 0.25) is 0 Å². The summed E-state index contributed by atoms with van der Waals surface area (Å²) in [5.74, 6) is 1.02. The van der Waals surface area contributed by atoms with Gasteiger partial charge in [0.1, 0.15) is 5.82 Å². The largest absolute Gasteiger partial charge is 0.493 e. The fraction of sp³-hybridized carbons (Fsp3) is 0.381. The van der Waals surface area contributed by atoms with E-state index in [1.807, 2.05) is 12.1 Å². The van der Waals surface area contributed by atoms with Gasteiger partial charge in [0.05, 0.1) is 26.9 Å². The van der Waals surface area contributed by atoms with Crippen LogP contribution < -0.4 is 14.2 Å². The average molecular weight is 467 g/mol. The second-order valence-corrected chi connectivity index (χ2v) is 7.60. The maximum atomic E-state index is 14.0. The second kappa shape index (κ2) is 9.45. The Morgan fingerprint density at radius 2 is 1.69 bits per heavy atom. The van der Waals surface area contributed by atoms with Crippen molar-refractivity contribution < 1.29 is 23.4 Å². The second-order valence-electron chi connectivity index (χ2n) is 6.69. The van der Waals surface area contributed by atoms with Crippen molar-refractivity contribution >= 4 is 21.8 Å². The van der Waals surface area contributed by atoms with E-state index in [0.717, 1.165) is 5.56 Å². The first-order valence-corrected chi connectivity index (χ1v) is 10.0. The number of nitrogens with zero attached hydrogens (tertiary/aromatic N) is 2. The van der Waals surface area contributed by atoms with Crippen LogP contribution in [0.3, 0.4) is 0 Å². The van der Waals surface area contributed by atoms with Gasteiger partial charge in [-0.25, -0.2) is 4.39 Å². The highest BCUT2D eigenvalue weighted by Gasteiger charge is 2.25. The summed E-state index contributed by atoms with van der Waals surface area (Å²) in [5, 5.41) is 0. The number of amides is 1. The molecule has 0 spiro atoms. The van der Waals surface area contributed by atoms with Gasteiger partial charge in [-0.1, -0.05) is 22.0 Å². The van der Waals surface area contributed by atoms with Gasteiger partial charge in [0.25, 0.3) is 5.91 Å². The van der Waals surface area contributed by atoms with Crippen LogP contribution >= 0.6 is 15.9 Å². The van der Waals surface area contributed by atoms with Gasteiger partial charge in [-0.3, -0.25) is 9.69 Å². The lowest BCUT2D eigenvalue weighted by Crippen LogP contribution is -2.48. The number of piperazine rings is 1. The summed E-state index contributed by atoms with van der Waals surface area (Å²) in [5.41, 5.74) is 1.07.